The molecule has 2 saturated carbocycles. The van der Waals surface area contributed by atoms with E-state index in [1.165, 1.54) is 61.6 Å². The molecule has 6 aliphatic rings. The summed E-state index contributed by atoms with van der Waals surface area (Å²) in [6.07, 6.45) is 13.2. The van der Waals surface area contributed by atoms with Gasteiger partial charge in [-0.15, -0.1) is 0 Å². The van der Waals surface area contributed by atoms with Crippen LogP contribution in [0.5, 0.6) is 11.5 Å². The first-order valence-electron chi connectivity index (χ1n) is 13.6. The fourth-order valence-corrected chi connectivity index (χ4v) is 8.52. The lowest BCUT2D eigenvalue weighted by atomic mass is 9.49. The number of nitrogens with zero attached hydrogens (tertiary/aromatic N) is 2. The molecule has 0 amide bonds. The van der Waals surface area contributed by atoms with Crippen molar-refractivity contribution in [3.8, 4) is 11.5 Å². The average molecular weight is 459 g/mol. The Labute approximate surface area is 201 Å². The van der Waals surface area contributed by atoms with Crippen LogP contribution in [0.25, 0.3) is 0 Å². The summed E-state index contributed by atoms with van der Waals surface area (Å²) < 4.78 is 6.62. The van der Waals surface area contributed by atoms with Crippen molar-refractivity contribution < 1.29 is 14.9 Å². The Balaban J connectivity index is 1.30. The average Bonchev–Trinajstić information content (AvgIpc) is 3.59. The van der Waals surface area contributed by atoms with Gasteiger partial charge in [0.25, 0.3) is 0 Å². The predicted molar refractivity (Wildman–Crippen MR) is 128 cm³/mol. The molecule has 1 aromatic heterocycles. The minimum Gasteiger partial charge on any atom is -0.504 e. The van der Waals surface area contributed by atoms with Crippen molar-refractivity contribution in [3.63, 3.8) is 0 Å². The monoisotopic (exact) mass is 458 g/mol. The molecule has 1 saturated heterocycles. The molecule has 2 bridgehead atoms. The summed E-state index contributed by atoms with van der Waals surface area (Å²) in [6.45, 7) is 2.08. The van der Waals surface area contributed by atoms with Crippen molar-refractivity contribution in [2.45, 2.75) is 93.3 Å². The molecule has 4 atom stereocenters. The molecule has 3 heterocycles. The fourth-order valence-electron chi connectivity index (χ4n) is 8.52. The van der Waals surface area contributed by atoms with Gasteiger partial charge in [0.2, 0.25) is 0 Å². The maximum Gasteiger partial charge on any atom is 0.166 e. The van der Waals surface area contributed by atoms with Crippen LogP contribution in [0, 0.1) is 5.92 Å². The smallest absolute Gasteiger partial charge is 0.166 e. The molecule has 34 heavy (non-hydrogen) atoms. The SMILES string of the molecule is Oc1ccc2c3c1O[C@H]1c4ncc(C5CCCCC5)cc4C[C@@]4(O)[C@@H](C2)N(CC2CC2)CC[C@]314. The van der Waals surface area contributed by atoms with Gasteiger partial charge in [0.15, 0.2) is 17.6 Å². The van der Waals surface area contributed by atoms with Crippen LogP contribution in [0.2, 0.25) is 0 Å². The van der Waals surface area contributed by atoms with E-state index < -0.39 is 11.0 Å². The lowest BCUT2D eigenvalue weighted by Crippen LogP contribution is -2.74. The first kappa shape index (κ1) is 20.1. The summed E-state index contributed by atoms with van der Waals surface area (Å²) in [5.41, 5.74) is 4.39. The van der Waals surface area contributed by atoms with E-state index in [0.29, 0.717) is 18.1 Å². The van der Waals surface area contributed by atoms with E-state index in [4.69, 9.17) is 9.72 Å². The van der Waals surface area contributed by atoms with Gasteiger partial charge in [-0.3, -0.25) is 9.88 Å². The van der Waals surface area contributed by atoms with Crippen LogP contribution in [-0.4, -0.2) is 44.8 Å². The summed E-state index contributed by atoms with van der Waals surface area (Å²) >= 11 is 0. The van der Waals surface area contributed by atoms with E-state index in [-0.39, 0.29) is 17.9 Å². The molecule has 2 aromatic rings. The van der Waals surface area contributed by atoms with Gasteiger partial charge >= 0.3 is 0 Å². The third-order valence-corrected chi connectivity index (χ3v) is 10.3. The number of likely N-dealkylation sites (tertiary alicyclic amines) is 1. The van der Waals surface area contributed by atoms with Gasteiger partial charge < -0.3 is 14.9 Å². The molecule has 5 heteroatoms. The van der Waals surface area contributed by atoms with Gasteiger partial charge in [-0.05, 0) is 79.7 Å². The number of pyridine rings is 1. The maximum absolute atomic E-state index is 12.8. The summed E-state index contributed by atoms with van der Waals surface area (Å²) in [6, 6.07) is 6.30. The van der Waals surface area contributed by atoms with Crippen molar-refractivity contribution in [1.82, 2.24) is 9.88 Å². The van der Waals surface area contributed by atoms with Crippen LogP contribution in [-0.2, 0) is 18.3 Å². The van der Waals surface area contributed by atoms with E-state index in [1.54, 1.807) is 6.07 Å². The van der Waals surface area contributed by atoms with Crippen molar-refractivity contribution in [3.05, 3.63) is 52.3 Å². The highest BCUT2D eigenvalue weighted by atomic mass is 16.5. The number of aromatic nitrogens is 1. The van der Waals surface area contributed by atoms with Gasteiger partial charge in [0, 0.05) is 30.8 Å². The molecule has 8 rings (SSSR count). The Hall–Kier alpha value is -2.11. The molecule has 2 aliphatic heterocycles. The minimum absolute atomic E-state index is 0.0856. The molecular formula is C29H34N2O3. The van der Waals surface area contributed by atoms with E-state index in [2.05, 4.69) is 23.2 Å². The number of phenols is 1. The Kier molecular flexibility index (Phi) is 4.00. The lowest BCUT2D eigenvalue weighted by molar-refractivity contribution is -0.173. The van der Waals surface area contributed by atoms with Gasteiger partial charge in [-0.2, -0.15) is 0 Å². The zero-order chi connectivity index (χ0) is 22.7. The van der Waals surface area contributed by atoms with Crippen LogP contribution >= 0.6 is 0 Å². The molecular weight excluding hydrogens is 424 g/mol. The summed E-state index contributed by atoms with van der Waals surface area (Å²) in [4.78, 5) is 7.65. The second kappa shape index (κ2) is 6.76. The van der Waals surface area contributed by atoms with Crippen molar-refractivity contribution in [1.29, 1.82) is 0 Å². The molecule has 1 spiro atoms. The van der Waals surface area contributed by atoms with Gasteiger partial charge in [0.05, 0.1) is 16.7 Å². The van der Waals surface area contributed by atoms with Crippen molar-refractivity contribution in [2.24, 2.45) is 5.92 Å². The Morgan fingerprint density at radius 3 is 2.76 bits per heavy atom. The fraction of sp³-hybridized carbons (Fsp3) is 0.621. The Morgan fingerprint density at radius 2 is 1.94 bits per heavy atom. The number of hydrogen-bond donors (Lipinski definition) is 2. The molecule has 4 aliphatic carbocycles. The summed E-state index contributed by atoms with van der Waals surface area (Å²) in [5.74, 6) is 2.18. The van der Waals surface area contributed by atoms with E-state index >= 15 is 0 Å². The second-order valence-corrected chi connectivity index (χ2v) is 12.1. The molecule has 3 fully saturated rings. The third-order valence-electron chi connectivity index (χ3n) is 10.3. The maximum atomic E-state index is 12.8. The van der Waals surface area contributed by atoms with Crippen molar-refractivity contribution in [2.75, 3.05) is 13.1 Å². The molecule has 0 unspecified atom stereocenters. The zero-order valence-corrected chi connectivity index (χ0v) is 19.8. The van der Waals surface area contributed by atoms with Crippen LogP contribution in [0.3, 0.4) is 0 Å². The van der Waals surface area contributed by atoms with Crippen LogP contribution < -0.4 is 4.74 Å². The number of rotatable bonds is 3. The molecule has 0 radical (unpaired) electrons. The van der Waals surface area contributed by atoms with E-state index in [0.717, 1.165) is 43.1 Å². The summed E-state index contributed by atoms with van der Waals surface area (Å²) in [5, 5.41) is 23.6. The van der Waals surface area contributed by atoms with Crippen LogP contribution in [0.4, 0.5) is 0 Å². The first-order chi connectivity index (χ1) is 16.6. The highest BCUT2D eigenvalue weighted by Gasteiger charge is 2.72. The number of benzene rings is 1. The normalized spacial score (nSPS) is 36.0. The Bertz CT molecular complexity index is 1190. The second-order valence-electron chi connectivity index (χ2n) is 12.1. The van der Waals surface area contributed by atoms with Crippen LogP contribution in [0.15, 0.2) is 24.4 Å². The summed E-state index contributed by atoms with van der Waals surface area (Å²) in [7, 11) is 0. The third kappa shape index (κ3) is 2.45. The number of aliphatic hydroxyl groups is 1. The zero-order valence-electron chi connectivity index (χ0n) is 19.8. The number of hydrogen-bond acceptors (Lipinski definition) is 5. The quantitative estimate of drug-likeness (QED) is 0.707. The van der Waals surface area contributed by atoms with E-state index in [9.17, 15) is 10.2 Å². The topological polar surface area (TPSA) is 65.8 Å². The first-order valence-corrected chi connectivity index (χ1v) is 13.6. The standard InChI is InChI=1S/C29H34N2O3/c32-22-9-8-19-13-23-29(33)14-20-12-21(18-4-2-1-3-5-18)15-30-25(20)27-28(29,24(19)26(22)34-27)10-11-31(23)16-17-6-7-17/h8-9,12,15,17-18,23,27,32-33H,1-7,10-11,13-14,16H2/t23-,27+,28+,29-/m1/s1. The van der Waals surface area contributed by atoms with Crippen molar-refractivity contribution >= 4 is 0 Å². The molecule has 5 nitrogen and oxygen atoms in total. The number of aromatic hydroxyl groups is 1. The molecule has 1 aromatic carbocycles. The Morgan fingerprint density at radius 1 is 1.09 bits per heavy atom. The van der Waals surface area contributed by atoms with Crippen LogP contribution in [0.1, 0.15) is 91.3 Å². The number of fused-ring (bicyclic) bond motifs is 2. The van der Waals surface area contributed by atoms with Gasteiger partial charge in [0.1, 0.15) is 0 Å². The van der Waals surface area contributed by atoms with E-state index in [1.807, 2.05) is 0 Å². The highest BCUT2D eigenvalue weighted by Crippen LogP contribution is 2.68. The predicted octanol–water partition coefficient (Wildman–Crippen LogP) is 4.53. The number of phenolic OH excluding ortho intramolecular Hbond substituents is 1. The highest BCUT2D eigenvalue weighted by molar-refractivity contribution is 5.64. The lowest BCUT2D eigenvalue weighted by Gasteiger charge is -2.63. The molecule has 2 N–H and O–H groups in total. The minimum atomic E-state index is -0.906. The van der Waals surface area contributed by atoms with Gasteiger partial charge in [-0.1, -0.05) is 31.4 Å². The van der Waals surface area contributed by atoms with Gasteiger partial charge in [-0.25, -0.2) is 0 Å². The number of piperidine rings is 1. The largest absolute Gasteiger partial charge is 0.504 e. The number of ether oxygens (including phenoxy) is 1. The molecule has 178 valence electrons.